The van der Waals surface area contributed by atoms with Gasteiger partial charge < -0.3 is 4.74 Å². The van der Waals surface area contributed by atoms with E-state index in [-0.39, 0.29) is 6.61 Å². The van der Waals surface area contributed by atoms with Crippen molar-refractivity contribution in [1.29, 1.82) is 10.5 Å². The van der Waals surface area contributed by atoms with E-state index in [4.69, 9.17) is 15.3 Å². The fourth-order valence-electron chi connectivity index (χ4n) is 0.729. The summed E-state index contributed by atoms with van der Waals surface area (Å²) in [4.78, 5) is 11.3. The van der Waals surface area contributed by atoms with Crippen LogP contribution in [-0.4, -0.2) is 12.6 Å². The molecule has 0 heterocycles. The summed E-state index contributed by atoms with van der Waals surface area (Å²) in [6.45, 7) is 4.82. The normalized spacial score (nSPS) is 16.1. The Morgan fingerprint density at radius 3 is 2.46 bits per heavy atom. The molecule has 0 aromatic rings. The monoisotopic (exact) mass is 180 g/mol. The molecule has 0 aliphatic rings. The van der Waals surface area contributed by atoms with Crippen LogP contribution >= 0.6 is 0 Å². The fraction of sp³-hybridized carbons (Fsp3) is 0.667. The number of esters is 1. The number of carbonyl (C=O) groups is 1. The molecule has 4 nitrogen and oxygen atoms in total. The van der Waals surface area contributed by atoms with E-state index in [0.29, 0.717) is 0 Å². The highest BCUT2D eigenvalue weighted by molar-refractivity contribution is 5.80. The topological polar surface area (TPSA) is 73.9 Å². The maximum Gasteiger partial charge on any atom is 0.327 e. The Morgan fingerprint density at radius 1 is 1.62 bits per heavy atom. The minimum atomic E-state index is -1.36. The van der Waals surface area contributed by atoms with Crippen LogP contribution in [0.1, 0.15) is 20.8 Å². The Hall–Kier alpha value is -1.55. The Morgan fingerprint density at radius 2 is 2.15 bits per heavy atom. The van der Waals surface area contributed by atoms with Crippen LogP contribution in [-0.2, 0) is 9.53 Å². The average Bonchev–Trinajstić information content (AvgIpc) is 2.15. The van der Waals surface area contributed by atoms with E-state index >= 15 is 0 Å². The van der Waals surface area contributed by atoms with E-state index in [9.17, 15) is 4.79 Å². The number of nitriles is 2. The first-order valence-corrected chi connectivity index (χ1v) is 4.01. The molecule has 0 fully saturated rings. The molecule has 0 N–H and O–H groups in total. The smallest absolute Gasteiger partial charge is 0.327 e. The minimum Gasteiger partial charge on any atom is -0.465 e. The second-order valence-corrected chi connectivity index (χ2v) is 2.89. The van der Waals surface area contributed by atoms with Crippen molar-refractivity contribution in [3.8, 4) is 12.1 Å². The van der Waals surface area contributed by atoms with Crippen molar-refractivity contribution >= 4 is 5.97 Å². The first-order chi connectivity index (χ1) is 6.02. The predicted molar refractivity (Wildman–Crippen MR) is 45.1 cm³/mol. The maximum absolute atomic E-state index is 11.3. The lowest BCUT2D eigenvalue weighted by Gasteiger charge is -2.20. The van der Waals surface area contributed by atoms with Gasteiger partial charge >= 0.3 is 5.97 Å². The molecule has 0 saturated heterocycles. The molecule has 0 spiro atoms. The summed E-state index contributed by atoms with van der Waals surface area (Å²) in [6.07, 6.45) is 0. The van der Waals surface area contributed by atoms with Crippen LogP contribution in [0.3, 0.4) is 0 Å². The van der Waals surface area contributed by atoms with Gasteiger partial charge in [-0.25, -0.2) is 0 Å². The van der Waals surface area contributed by atoms with E-state index in [1.807, 2.05) is 12.1 Å². The van der Waals surface area contributed by atoms with Crippen molar-refractivity contribution in [1.82, 2.24) is 0 Å². The van der Waals surface area contributed by atoms with Crippen LogP contribution in [0.15, 0.2) is 0 Å². The van der Waals surface area contributed by atoms with E-state index in [1.165, 1.54) is 13.8 Å². The van der Waals surface area contributed by atoms with Gasteiger partial charge in [0.2, 0.25) is 0 Å². The van der Waals surface area contributed by atoms with Crippen molar-refractivity contribution in [2.24, 2.45) is 11.3 Å². The van der Waals surface area contributed by atoms with Gasteiger partial charge in [-0.05, 0) is 20.8 Å². The summed E-state index contributed by atoms with van der Waals surface area (Å²) in [6, 6.07) is 3.69. The van der Waals surface area contributed by atoms with Crippen LogP contribution in [0.4, 0.5) is 0 Å². The highest BCUT2D eigenvalue weighted by atomic mass is 16.5. The van der Waals surface area contributed by atoms with E-state index in [2.05, 4.69) is 0 Å². The summed E-state index contributed by atoms with van der Waals surface area (Å²) < 4.78 is 4.71. The van der Waals surface area contributed by atoms with Gasteiger partial charge in [-0.3, -0.25) is 4.79 Å². The molecule has 0 rings (SSSR count). The predicted octanol–water partition coefficient (Wildman–Crippen LogP) is 1.24. The molecule has 0 aromatic heterocycles. The number of hydrogen-bond donors (Lipinski definition) is 0. The molecular formula is C9H12N2O2. The van der Waals surface area contributed by atoms with Crippen LogP contribution < -0.4 is 0 Å². The fourth-order valence-corrected chi connectivity index (χ4v) is 0.729. The third-order valence-electron chi connectivity index (χ3n) is 1.99. The lowest BCUT2D eigenvalue weighted by molar-refractivity contribution is -0.152. The van der Waals surface area contributed by atoms with Gasteiger partial charge in [0, 0.05) is 0 Å². The average molecular weight is 180 g/mol. The van der Waals surface area contributed by atoms with Crippen molar-refractivity contribution in [3.63, 3.8) is 0 Å². The number of ether oxygens (including phenoxy) is 1. The van der Waals surface area contributed by atoms with Gasteiger partial charge in [-0.1, -0.05) is 0 Å². The number of carbonyl (C=O) groups excluding carboxylic acids is 1. The Bertz CT molecular complexity index is 274. The van der Waals surface area contributed by atoms with Gasteiger partial charge in [-0.15, -0.1) is 0 Å². The Labute approximate surface area is 77.7 Å². The quantitative estimate of drug-likeness (QED) is 0.612. The van der Waals surface area contributed by atoms with E-state index < -0.39 is 17.3 Å². The summed E-state index contributed by atoms with van der Waals surface area (Å²) in [7, 11) is 0. The zero-order valence-electron chi connectivity index (χ0n) is 8.00. The van der Waals surface area contributed by atoms with Crippen molar-refractivity contribution in [3.05, 3.63) is 0 Å². The first kappa shape index (κ1) is 11.4. The summed E-state index contributed by atoms with van der Waals surface area (Å²) >= 11 is 0. The lowest BCUT2D eigenvalue weighted by Crippen LogP contribution is -2.34. The zero-order chi connectivity index (χ0) is 10.5. The molecule has 13 heavy (non-hydrogen) atoms. The highest BCUT2D eigenvalue weighted by Gasteiger charge is 2.41. The molecule has 0 aromatic carbocycles. The number of hydrogen-bond acceptors (Lipinski definition) is 4. The first-order valence-electron chi connectivity index (χ1n) is 4.01. The van der Waals surface area contributed by atoms with Crippen molar-refractivity contribution < 1.29 is 9.53 Å². The molecule has 0 saturated carbocycles. The molecular weight excluding hydrogens is 168 g/mol. The molecule has 0 aliphatic heterocycles. The number of nitrogens with zero attached hydrogens (tertiary/aromatic N) is 2. The van der Waals surface area contributed by atoms with Crippen LogP contribution in [0, 0.1) is 34.0 Å². The summed E-state index contributed by atoms with van der Waals surface area (Å²) in [5, 5.41) is 17.4. The van der Waals surface area contributed by atoms with E-state index in [0.717, 1.165) is 0 Å². The van der Waals surface area contributed by atoms with Gasteiger partial charge in [0.15, 0.2) is 5.41 Å². The minimum absolute atomic E-state index is 0.217. The second-order valence-electron chi connectivity index (χ2n) is 2.89. The lowest BCUT2D eigenvalue weighted by atomic mass is 9.80. The van der Waals surface area contributed by atoms with Gasteiger partial charge in [0.25, 0.3) is 0 Å². The standard InChI is InChI=1S/C9H12N2O2/c1-4-13-8(12)9(3,6-11)7(2)5-10/h7H,4H2,1-3H3. The highest BCUT2D eigenvalue weighted by Crippen LogP contribution is 2.27. The molecule has 0 bridgehead atoms. The largest absolute Gasteiger partial charge is 0.465 e. The molecule has 0 amide bonds. The maximum atomic E-state index is 11.3. The van der Waals surface area contributed by atoms with Gasteiger partial charge in [-0.2, -0.15) is 10.5 Å². The van der Waals surface area contributed by atoms with Crippen molar-refractivity contribution in [2.75, 3.05) is 6.61 Å². The molecule has 2 atom stereocenters. The third kappa shape index (κ3) is 2.19. The van der Waals surface area contributed by atoms with Crippen LogP contribution in [0.25, 0.3) is 0 Å². The summed E-state index contributed by atoms with van der Waals surface area (Å²) in [5.41, 5.74) is -1.36. The Balaban J connectivity index is 4.77. The van der Waals surface area contributed by atoms with Crippen molar-refractivity contribution in [2.45, 2.75) is 20.8 Å². The molecule has 0 radical (unpaired) electrons. The van der Waals surface area contributed by atoms with Gasteiger partial charge in [0.05, 0.1) is 24.7 Å². The van der Waals surface area contributed by atoms with Crippen LogP contribution in [0.5, 0.6) is 0 Å². The Kier molecular flexibility index (Phi) is 3.94. The summed E-state index contributed by atoms with van der Waals surface area (Å²) in [5.74, 6) is -1.30. The van der Waals surface area contributed by atoms with E-state index in [1.54, 1.807) is 6.92 Å². The molecule has 4 heteroatoms. The van der Waals surface area contributed by atoms with Gasteiger partial charge in [0.1, 0.15) is 0 Å². The SMILES string of the molecule is CCOC(=O)C(C)(C#N)C(C)C#N. The van der Waals surface area contributed by atoms with Crippen LogP contribution in [0.2, 0.25) is 0 Å². The second kappa shape index (κ2) is 4.47. The zero-order valence-corrected chi connectivity index (χ0v) is 8.00. The molecule has 70 valence electrons. The third-order valence-corrected chi connectivity index (χ3v) is 1.99. The molecule has 2 unspecified atom stereocenters. The molecule has 0 aliphatic carbocycles. The number of rotatable bonds is 3.